The Balaban J connectivity index is 2.25. The number of aryl methyl sites for hydroxylation is 1. The van der Waals surface area contributed by atoms with Crippen molar-refractivity contribution in [2.24, 2.45) is 0 Å². The fourth-order valence-corrected chi connectivity index (χ4v) is 1.67. The Morgan fingerprint density at radius 3 is 2.63 bits per heavy atom. The number of carbonyl (C=O) groups excluding carboxylic acids is 1. The maximum absolute atomic E-state index is 13.6. The van der Waals surface area contributed by atoms with Crippen LogP contribution in [0.4, 0.5) is 15.9 Å². The van der Waals surface area contributed by atoms with E-state index in [4.69, 9.17) is 0 Å². The van der Waals surface area contributed by atoms with E-state index in [1.807, 2.05) is 0 Å². The van der Waals surface area contributed by atoms with Crippen molar-refractivity contribution in [2.75, 3.05) is 17.7 Å². The smallest absolute Gasteiger partial charge is 0.274 e. The standard InChI is InChI=1S/C14H14FN3O/c1-9-5-3-6-10(15)13(9)18-14(19)11-7-4-8-12(16-2)17-11/h3-8H,1-2H3,(H,16,17)(H,18,19). The molecule has 0 aliphatic carbocycles. The summed E-state index contributed by atoms with van der Waals surface area (Å²) in [6, 6.07) is 9.66. The van der Waals surface area contributed by atoms with Crippen LogP contribution in [0.5, 0.6) is 0 Å². The van der Waals surface area contributed by atoms with E-state index >= 15 is 0 Å². The first-order valence-corrected chi connectivity index (χ1v) is 5.83. The number of nitrogens with one attached hydrogen (secondary N) is 2. The molecule has 0 saturated carbocycles. The lowest BCUT2D eigenvalue weighted by atomic mass is 10.2. The summed E-state index contributed by atoms with van der Waals surface area (Å²) in [5, 5.41) is 5.39. The summed E-state index contributed by atoms with van der Waals surface area (Å²) >= 11 is 0. The maximum atomic E-state index is 13.6. The molecule has 0 spiro atoms. The SMILES string of the molecule is CNc1cccc(C(=O)Nc2c(C)cccc2F)n1. The molecule has 0 aliphatic rings. The number of hydrogen-bond donors (Lipinski definition) is 2. The first kappa shape index (κ1) is 13.0. The lowest BCUT2D eigenvalue weighted by Crippen LogP contribution is -2.16. The van der Waals surface area contributed by atoms with Crippen LogP contribution in [0.15, 0.2) is 36.4 Å². The third kappa shape index (κ3) is 2.88. The average molecular weight is 259 g/mol. The van der Waals surface area contributed by atoms with Gasteiger partial charge in [-0.25, -0.2) is 9.37 Å². The van der Waals surface area contributed by atoms with Gasteiger partial charge in [-0.2, -0.15) is 0 Å². The molecule has 19 heavy (non-hydrogen) atoms. The third-order valence-electron chi connectivity index (χ3n) is 2.70. The fourth-order valence-electron chi connectivity index (χ4n) is 1.67. The van der Waals surface area contributed by atoms with Gasteiger partial charge in [-0.15, -0.1) is 0 Å². The number of carbonyl (C=O) groups is 1. The molecule has 0 aliphatic heterocycles. The van der Waals surface area contributed by atoms with E-state index in [2.05, 4.69) is 15.6 Å². The largest absolute Gasteiger partial charge is 0.373 e. The normalized spacial score (nSPS) is 10.1. The zero-order chi connectivity index (χ0) is 13.8. The summed E-state index contributed by atoms with van der Waals surface area (Å²) in [6.07, 6.45) is 0. The van der Waals surface area contributed by atoms with Crippen molar-refractivity contribution in [1.82, 2.24) is 4.98 Å². The van der Waals surface area contributed by atoms with Crippen molar-refractivity contribution >= 4 is 17.4 Å². The van der Waals surface area contributed by atoms with Gasteiger partial charge in [0.25, 0.3) is 5.91 Å². The van der Waals surface area contributed by atoms with Crippen molar-refractivity contribution in [3.05, 3.63) is 53.5 Å². The number of halogens is 1. The van der Waals surface area contributed by atoms with Crippen molar-refractivity contribution < 1.29 is 9.18 Å². The Morgan fingerprint density at radius 1 is 1.21 bits per heavy atom. The molecule has 4 nitrogen and oxygen atoms in total. The van der Waals surface area contributed by atoms with Gasteiger partial charge in [-0.3, -0.25) is 4.79 Å². The summed E-state index contributed by atoms with van der Waals surface area (Å²) in [5.74, 6) is -0.318. The second-order valence-electron chi connectivity index (χ2n) is 4.04. The number of nitrogens with zero attached hydrogens (tertiary/aromatic N) is 1. The van der Waals surface area contributed by atoms with E-state index in [0.29, 0.717) is 11.4 Å². The van der Waals surface area contributed by atoms with E-state index in [1.54, 1.807) is 44.3 Å². The first-order valence-electron chi connectivity index (χ1n) is 5.83. The number of para-hydroxylation sites is 1. The average Bonchev–Trinajstić information content (AvgIpc) is 2.43. The quantitative estimate of drug-likeness (QED) is 0.891. The van der Waals surface area contributed by atoms with Crippen molar-refractivity contribution in [2.45, 2.75) is 6.92 Å². The molecule has 1 heterocycles. The summed E-state index contributed by atoms with van der Waals surface area (Å²) in [7, 11) is 1.71. The zero-order valence-corrected chi connectivity index (χ0v) is 10.7. The highest BCUT2D eigenvalue weighted by molar-refractivity contribution is 6.03. The van der Waals surface area contributed by atoms with Crippen LogP contribution in [0.3, 0.4) is 0 Å². The highest BCUT2D eigenvalue weighted by Crippen LogP contribution is 2.19. The predicted molar refractivity (Wildman–Crippen MR) is 72.9 cm³/mol. The fraction of sp³-hybridized carbons (Fsp3) is 0.143. The Kier molecular flexibility index (Phi) is 3.75. The highest BCUT2D eigenvalue weighted by atomic mass is 19.1. The van der Waals surface area contributed by atoms with Crippen molar-refractivity contribution in [3.8, 4) is 0 Å². The van der Waals surface area contributed by atoms with Crippen LogP contribution in [0.25, 0.3) is 0 Å². The van der Waals surface area contributed by atoms with Gasteiger partial charge >= 0.3 is 0 Å². The lowest BCUT2D eigenvalue weighted by Gasteiger charge is -2.09. The van der Waals surface area contributed by atoms with Gasteiger partial charge in [0.1, 0.15) is 17.3 Å². The minimum Gasteiger partial charge on any atom is -0.373 e. The molecule has 0 radical (unpaired) electrons. The molecule has 1 aromatic carbocycles. The molecule has 2 aromatic rings. The second kappa shape index (κ2) is 5.48. The van der Waals surface area contributed by atoms with Gasteiger partial charge in [-0.05, 0) is 30.7 Å². The Labute approximate surface area is 110 Å². The summed E-state index contributed by atoms with van der Waals surface area (Å²) in [5.41, 5.74) is 1.08. The summed E-state index contributed by atoms with van der Waals surface area (Å²) < 4.78 is 13.6. The molecule has 0 atom stereocenters. The summed E-state index contributed by atoms with van der Waals surface area (Å²) in [6.45, 7) is 1.73. The highest BCUT2D eigenvalue weighted by Gasteiger charge is 2.12. The van der Waals surface area contributed by atoms with Gasteiger partial charge in [-0.1, -0.05) is 18.2 Å². The van der Waals surface area contributed by atoms with Crippen LogP contribution in [0, 0.1) is 12.7 Å². The topological polar surface area (TPSA) is 54.0 Å². The number of benzene rings is 1. The third-order valence-corrected chi connectivity index (χ3v) is 2.70. The van der Waals surface area contributed by atoms with Crippen LogP contribution < -0.4 is 10.6 Å². The molecule has 0 saturated heterocycles. The minimum absolute atomic E-state index is 0.184. The molecule has 2 rings (SSSR count). The van der Waals surface area contributed by atoms with Gasteiger partial charge in [0.15, 0.2) is 0 Å². The molecule has 0 bridgehead atoms. The minimum atomic E-state index is -0.460. The predicted octanol–water partition coefficient (Wildman–Crippen LogP) is 2.82. The Morgan fingerprint density at radius 2 is 1.95 bits per heavy atom. The number of anilines is 2. The van der Waals surface area contributed by atoms with Gasteiger partial charge in [0.2, 0.25) is 0 Å². The van der Waals surface area contributed by atoms with Crippen LogP contribution in [-0.4, -0.2) is 17.9 Å². The van der Waals surface area contributed by atoms with E-state index in [1.165, 1.54) is 6.07 Å². The molecule has 0 unspecified atom stereocenters. The molecule has 98 valence electrons. The second-order valence-corrected chi connectivity index (χ2v) is 4.04. The monoisotopic (exact) mass is 259 g/mol. The van der Waals surface area contributed by atoms with Crippen LogP contribution >= 0.6 is 0 Å². The number of rotatable bonds is 3. The first-order chi connectivity index (χ1) is 9.11. The Bertz CT molecular complexity index is 593. The van der Waals surface area contributed by atoms with Gasteiger partial charge < -0.3 is 10.6 Å². The molecular formula is C14H14FN3O. The van der Waals surface area contributed by atoms with E-state index in [9.17, 15) is 9.18 Å². The van der Waals surface area contributed by atoms with Crippen LogP contribution in [-0.2, 0) is 0 Å². The lowest BCUT2D eigenvalue weighted by molar-refractivity contribution is 0.102. The number of pyridine rings is 1. The molecule has 0 fully saturated rings. The maximum Gasteiger partial charge on any atom is 0.274 e. The van der Waals surface area contributed by atoms with Crippen LogP contribution in [0.1, 0.15) is 16.1 Å². The molecule has 2 N–H and O–H groups in total. The zero-order valence-electron chi connectivity index (χ0n) is 10.7. The summed E-state index contributed by atoms with van der Waals surface area (Å²) in [4.78, 5) is 16.1. The molecular weight excluding hydrogens is 245 g/mol. The molecule has 1 aromatic heterocycles. The van der Waals surface area contributed by atoms with E-state index in [0.717, 1.165) is 0 Å². The van der Waals surface area contributed by atoms with Crippen molar-refractivity contribution in [1.29, 1.82) is 0 Å². The Hall–Kier alpha value is -2.43. The van der Waals surface area contributed by atoms with Crippen molar-refractivity contribution in [3.63, 3.8) is 0 Å². The van der Waals surface area contributed by atoms with E-state index < -0.39 is 11.7 Å². The van der Waals surface area contributed by atoms with Crippen LogP contribution in [0.2, 0.25) is 0 Å². The molecule has 1 amide bonds. The number of amides is 1. The van der Waals surface area contributed by atoms with Gasteiger partial charge in [0.05, 0.1) is 5.69 Å². The van der Waals surface area contributed by atoms with E-state index in [-0.39, 0.29) is 11.4 Å². The molecule has 5 heteroatoms. The number of hydrogen-bond acceptors (Lipinski definition) is 3. The number of aromatic nitrogens is 1. The van der Waals surface area contributed by atoms with Gasteiger partial charge in [0, 0.05) is 7.05 Å².